The molecule has 0 saturated heterocycles. The first-order valence-corrected chi connectivity index (χ1v) is 12.8. The molecule has 0 bridgehead atoms. The summed E-state index contributed by atoms with van der Waals surface area (Å²) in [5.74, 6) is -5.26. The van der Waals surface area contributed by atoms with Crippen molar-refractivity contribution in [3.05, 3.63) is 29.8 Å². The summed E-state index contributed by atoms with van der Waals surface area (Å²) in [7, 11) is 0. The number of aliphatic carboxylic acids is 1. The maximum Gasteiger partial charge on any atom is 0.326 e. The molecular formula is C25H39N7O8. The zero-order chi connectivity index (χ0) is 30.2. The lowest BCUT2D eigenvalue weighted by Crippen LogP contribution is -2.57. The fourth-order valence-electron chi connectivity index (χ4n) is 3.66. The van der Waals surface area contributed by atoms with Crippen LogP contribution in [0.25, 0.3) is 0 Å². The molecule has 5 amide bonds. The maximum absolute atomic E-state index is 13.1. The van der Waals surface area contributed by atoms with Crippen molar-refractivity contribution < 1.29 is 39.0 Å². The first kappa shape index (κ1) is 33.8. The van der Waals surface area contributed by atoms with Gasteiger partial charge in [0.1, 0.15) is 23.9 Å². The van der Waals surface area contributed by atoms with Gasteiger partial charge in [0.15, 0.2) is 0 Å². The van der Waals surface area contributed by atoms with Crippen molar-refractivity contribution in [2.45, 2.75) is 75.5 Å². The Morgan fingerprint density at radius 1 is 0.725 bits per heavy atom. The van der Waals surface area contributed by atoms with Gasteiger partial charge >= 0.3 is 5.97 Å². The monoisotopic (exact) mass is 565 g/mol. The number of hydrogen-bond donors (Lipinski definition) is 9. The Labute approximate surface area is 231 Å². The van der Waals surface area contributed by atoms with Gasteiger partial charge in [-0.2, -0.15) is 0 Å². The lowest BCUT2D eigenvalue weighted by Gasteiger charge is -2.25. The fraction of sp³-hybridized carbons (Fsp3) is 0.520. The van der Waals surface area contributed by atoms with Crippen LogP contribution in [0.5, 0.6) is 5.75 Å². The molecule has 0 heterocycles. The summed E-state index contributed by atoms with van der Waals surface area (Å²) < 4.78 is 0. The summed E-state index contributed by atoms with van der Waals surface area (Å²) in [5, 5.41) is 26.1. The van der Waals surface area contributed by atoms with Crippen molar-refractivity contribution in [2.75, 3.05) is 6.54 Å². The van der Waals surface area contributed by atoms with Crippen LogP contribution in [-0.4, -0.2) is 76.4 Å². The molecule has 0 saturated carbocycles. The van der Waals surface area contributed by atoms with Crippen LogP contribution in [-0.2, 0) is 35.2 Å². The van der Waals surface area contributed by atoms with Crippen LogP contribution < -0.4 is 38.9 Å². The lowest BCUT2D eigenvalue weighted by atomic mass is 10.0. The van der Waals surface area contributed by atoms with Gasteiger partial charge in [-0.05, 0) is 62.8 Å². The second-order valence-electron chi connectivity index (χ2n) is 9.29. The van der Waals surface area contributed by atoms with Crippen LogP contribution in [0.1, 0.15) is 50.5 Å². The number of carboxylic acids is 1. The van der Waals surface area contributed by atoms with E-state index in [0.717, 1.165) is 0 Å². The number of carbonyl (C=O) groups excluding carboxylic acids is 5. The van der Waals surface area contributed by atoms with Gasteiger partial charge in [0.05, 0.1) is 6.04 Å². The van der Waals surface area contributed by atoms with Crippen molar-refractivity contribution in [1.29, 1.82) is 0 Å². The van der Waals surface area contributed by atoms with Gasteiger partial charge in [-0.1, -0.05) is 12.1 Å². The number of primary amides is 2. The van der Waals surface area contributed by atoms with Gasteiger partial charge in [-0.3, -0.25) is 24.0 Å². The van der Waals surface area contributed by atoms with Crippen molar-refractivity contribution in [1.82, 2.24) is 16.0 Å². The molecule has 13 N–H and O–H groups in total. The summed E-state index contributed by atoms with van der Waals surface area (Å²) >= 11 is 0. The minimum Gasteiger partial charge on any atom is -0.508 e. The van der Waals surface area contributed by atoms with Crippen molar-refractivity contribution in [3.8, 4) is 5.75 Å². The number of nitrogens with two attached hydrogens (primary N) is 4. The number of amides is 5. The molecule has 15 heteroatoms. The van der Waals surface area contributed by atoms with E-state index in [9.17, 15) is 39.0 Å². The van der Waals surface area contributed by atoms with E-state index in [0.29, 0.717) is 24.9 Å². The zero-order valence-electron chi connectivity index (χ0n) is 22.1. The molecule has 40 heavy (non-hydrogen) atoms. The molecule has 0 aliphatic rings. The van der Waals surface area contributed by atoms with Crippen LogP contribution in [0.15, 0.2) is 24.3 Å². The molecule has 0 fully saturated rings. The van der Waals surface area contributed by atoms with Gasteiger partial charge in [-0.25, -0.2) is 4.79 Å². The molecule has 1 rings (SSSR count). The number of phenolic OH excluding ortho intramolecular Hbond substituents is 1. The molecule has 222 valence electrons. The van der Waals surface area contributed by atoms with Crippen LogP contribution in [0, 0.1) is 0 Å². The molecule has 4 atom stereocenters. The summed E-state index contributed by atoms with van der Waals surface area (Å²) in [6, 6.07) is 0.901. The Bertz CT molecular complexity index is 1030. The molecule has 0 radical (unpaired) electrons. The Hall–Kier alpha value is -4.24. The first-order chi connectivity index (χ1) is 18.8. The van der Waals surface area contributed by atoms with Crippen LogP contribution in [0.3, 0.4) is 0 Å². The minimum absolute atomic E-state index is 0.0325. The third kappa shape index (κ3) is 13.0. The van der Waals surface area contributed by atoms with Crippen molar-refractivity contribution >= 4 is 35.5 Å². The first-order valence-electron chi connectivity index (χ1n) is 12.8. The van der Waals surface area contributed by atoms with Crippen molar-refractivity contribution in [3.63, 3.8) is 0 Å². The Kier molecular flexibility index (Phi) is 14.7. The van der Waals surface area contributed by atoms with Gasteiger partial charge in [-0.15, -0.1) is 0 Å². The number of carboxylic acid groups (broad SMARTS) is 1. The Morgan fingerprint density at radius 2 is 1.20 bits per heavy atom. The predicted molar refractivity (Wildman–Crippen MR) is 143 cm³/mol. The second kappa shape index (κ2) is 17.4. The highest BCUT2D eigenvalue weighted by atomic mass is 16.4. The Morgan fingerprint density at radius 3 is 1.65 bits per heavy atom. The molecule has 1 aromatic rings. The van der Waals surface area contributed by atoms with Gasteiger partial charge in [0.2, 0.25) is 29.5 Å². The summed E-state index contributed by atoms with van der Waals surface area (Å²) in [6.07, 6.45) is 0.0602. The number of nitrogens with one attached hydrogen (secondary N) is 3. The van der Waals surface area contributed by atoms with Crippen molar-refractivity contribution in [2.24, 2.45) is 22.9 Å². The second-order valence-corrected chi connectivity index (χ2v) is 9.29. The van der Waals surface area contributed by atoms with E-state index in [1.807, 2.05) is 0 Å². The molecular weight excluding hydrogens is 526 g/mol. The zero-order valence-corrected chi connectivity index (χ0v) is 22.1. The van der Waals surface area contributed by atoms with E-state index in [4.69, 9.17) is 22.9 Å². The number of unbranched alkanes of at least 4 members (excludes halogenated alkanes) is 1. The number of phenols is 1. The fourth-order valence-corrected chi connectivity index (χ4v) is 3.66. The molecule has 4 unspecified atom stereocenters. The van der Waals surface area contributed by atoms with Gasteiger partial charge < -0.3 is 49.1 Å². The molecule has 15 nitrogen and oxygen atoms in total. The standard InChI is InChI=1S/C25H39N7O8/c26-12-2-1-3-19(25(39)40)32-24(38)18(9-11-21(29)35)31-23(37)17(8-10-20(28)34)30-22(36)16(27)13-14-4-6-15(33)7-5-14/h4-7,16-19,33H,1-3,8-13,26-27H2,(H2,28,34)(H2,29,35)(H,30,36)(H,31,37)(H,32,38)(H,39,40). The topological polar surface area (TPSA) is 283 Å². The molecule has 1 aromatic carbocycles. The number of aromatic hydroxyl groups is 1. The largest absolute Gasteiger partial charge is 0.508 e. The minimum atomic E-state index is -1.38. The Balaban J connectivity index is 3.01. The predicted octanol–water partition coefficient (Wildman–Crippen LogP) is -2.54. The quantitative estimate of drug-likeness (QED) is 0.0792. The number of benzene rings is 1. The van der Waals surface area contributed by atoms with Gasteiger partial charge in [0.25, 0.3) is 0 Å². The summed E-state index contributed by atoms with van der Waals surface area (Å²) in [5.41, 5.74) is 22.4. The van der Waals surface area contributed by atoms with E-state index in [-0.39, 0.29) is 44.3 Å². The highest BCUT2D eigenvalue weighted by Gasteiger charge is 2.30. The normalized spacial score (nSPS) is 13.8. The smallest absolute Gasteiger partial charge is 0.326 e. The van der Waals surface area contributed by atoms with Gasteiger partial charge in [0, 0.05) is 12.8 Å². The van der Waals surface area contributed by atoms with Crippen LogP contribution >= 0.6 is 0 Å². The third-order valence-electron chi connectivity index (χ3n) is 5.92. The SMILES string of the molecule is NCCCCC(NC(=O)C(CCC(N)=O)NC(=O)C(CCC(N)=O)NC(=O)C(N)Cc1ccc(O)cc1)C(=O)O. The summed E-state index contributed by atoms with van der Waals surface area (Å²) in [4.78, 5) is 73.1. The highest BCUT2D eigenvalue weighted by Crippen LogP contribution is 2.11. The lowest BCUT2D eigenvalue weighted by molar-refractivity contribution is -0.142. The number of rotatable bonds is 19. The van der Waals surface area contributed by atoms with Crippen LogP contribution in [0.2, 0.25) is 0 Å². The molecule has 0 aliphatic carbocycles. The van der Waals surface area contributed by atoms with E-state index >= 15 is 0 Å². The average Bonchev–Trinajstić information content (AvgIpc) is 2.88. The average molecular weight is 566 g/mol. The van der Waals surface area contributed by atoms with E-state index < -0.39 is 59.7 Å². The third-order valence-corrected chi connectivity index (χ3v) is 5.92. The van der Waals surface area contributed by atoms with E-state index in [2.05, 4.69) is 16.0 Å². The summed E-state index contributed by atoms with van der Waals surface area (Å²) in [6.45, 7) is 0.342. The molecule has 0 aromatic heterocycles. The number of carbonyl (C=O) groups is 6. The van der Waals surface area contributed by atoms with E-state index in [1.54, 1.807) is 12.1 Å². The maximum atomic E-state index is 13.1. The van der Waals surface area contributed by atoms with E-state index in [1.165, 1.54) is 12.1 Å². The highest BCUT2D eigenvalue weighted by molar-refractivity contribution is 5.94. The van der Waals surface area contributed by atoms with Crippen LogP contribution in [0.4, 0.5) is 0 Å². The molecule has 0 spiro atoms. The molecule has 0 aliphatic heterocycles. The number of hydrogen-bond acceptors (Lipinski definition) is 9.